The van der Waals surface area contributed by atoms with Gasteiger partial charge in [0.2, 0.25) is 5.91 Å². The summed E-state index contributed by atoms with van der Waals surface area (Å²) in [4.78, 5) is 17.4. The number of nitrogens with two attached hydrogens (primary N) is 1. The maximum absolute atomic E-state index is 13.5. The normalized spacial score (nSPS) is 22.0. The van der Waals surface area contributed by atoms with Gasteiger partial charge in [-0.25, -0.2) is 4.39 Å². The predicted molar refractivity (Wildman–Crippen MR) is 133 cm³/mol. The molecule has 176 valence electrons. The van der Waals surface area contributed by atoms with Gasteiger partial charge in [0.15, 0.2) is 0 Å². The van der Waals surface area contributed by atoms with E-state index < -0.39 is 5.41 Å². The van der Waals surface area contributed by atoms with E-state index in [2.05, 4.69) is 18.4 Å². The monoisotopic (exact) mass is 449 g/mol. The number of hydrogen-bond acceptors (Lipinski definition) is 3. The average Bonchev–Trinajstić information content (AvgIpc) is 3.30. The Bertz CT molecular complexity index is 971. The van der Waals surface area contributed by atoms with Crippen molar-refractivity contribution in [1.29, 1.82) is 0 Å². The van der Waals surface area contributed by atoms with Gasteiger partial charge in [0.1, 0.15) is 5.82 Å². The Morgan fingerprint density at radius 2 is 1.61 bits per heavy atom. The molecule has 5 heteroatoms. The topological polar surface area (TPSA) is 49.6 Å². The number of nitrogen functional groups attached to an aromatic ring is 1. The van der Waals surface area contributed by atoms with Crippen molar-refractivity contribution >= 4 is 17.3 Å². The number of anilines is 2. The lowest BCUT2D eigenvalue weighted by Crippen LogP contribution is -2.66. The molecule has 3 aliphatic rings. The van der Waals surface area contributed by atoms with Crippen molar-refractivity contribution in [3.05, 3.63) is 72.2 Å². The van der Waals surface area contributed by atoms with Crippen molar-refractivity contribution in [3.63, 3.8) is 0 Å². The van der Waals surface area contributed by atoms with E-state index in [0.29, 0.717) is 5.69 Å². The van der Waals surface area contributed by atoms with Gasteiger partial charge < -0.3 is 15.5 Å². The van der Waals surface area contributed by atoms with Crippen LogP contribution in [0.25, 0.3) is 0 Å². The third kappa shape index (κ3) is 4.64. The first-order chi connectivity index (χ1) is 15.8. The zero-order chi connectivity index (χ0) is 23.6. The average molecular weight is 450 g/mol. The van der Waals surface area contributed by atoms with Gasteiger partial charge in [-0.3, -0.25) is 4.79 Å². The molecule has 4 nitrogen and oxygen atoms in total. The summed E-state index contributed by atoms with van der Waals surface area (Å²) in [6.45, 7) is 9.99. The first-order valence-corrected chi connectivity index (χ1v) is 12.2. The highest BCUT2D eigenvalue weighted by atomic mass is 19.1. The van der Waals surface area contributed by atoms with E-state index in [1.165, 1.54) is 37.8 Å². The van der Waals surface area contributed by atoms with Crippen LogP contribution in [0.1, 0.15) is 64.0 Å². The van der Waals surface area contributed by atoms with Gasteiger partial charge in [-0.2, -0.15) is 0 Å². The van der Waals surface area contributed by atoms with Crippen LogP contribution in [0.5, 0.6) is 0 Å². The summed E-state index contributed by atoms with van der Waals surface area (Å²) >= 11 is 0. The summed E-state index contributed by atoms with van der Waals surface area (Å²) in [6, 6.07) is 13.8. The van der Waals surface area contributed by atoms with E-state index in [0.717, 1.165) is 48.8 Å². The number of benzene rings is 2. The van der Waals surface area contributed by atoms with Gasteiger partial charge in [-0.05, 0) is 67.6 Å². The zero-order valence-corrected chi connectivity index (χ0v) is 19.9. The molecule has 2 aromatic rings. The van der Waals surface area contributed by atoms with E-state index in [-0.39, 0.29) is 17.8 Å². The number of amides is 1. The summed E-state index contributed by atoms with van der Waals surface area (Å²) in [5.74, 6) is 0.919. The summed E-state index contributed by atoms with van der Waals surface area (Å²) in [7, 11) is 0. The number of hydrogen-bond donors (Lipinski definition) is 1. The zero-order valence-electron chi connectivity index (χ0n) is 19.9. The van der Waals surface area contributed by atoms with Crippen LogP contribution >= 0.6 is 0 Å². The second-order valence-electron chi connectivity index (χ2n) is 9.99. The Morgan fingerprint density at radius 1 is 1.03 bits per heavy atom. The molecule has 1 atom stereocenters. The third-order valence-corrected chi connectivity index (χ3v) is 7.62. The fraction of sp³-hybridized carbons (Fsp3) is 0.464. The quantitative estimate of drug-likeness (QED) is 0.441. The molecule has 1 aliphatic carbocycles. The van der Waals surface area contributed by atoms with Crippen molar-refractivity contribution in [1.82, 2.24) is 4.90 Å². The summed E-state index contributed by atoms with van der Waals surface area (Å²) in [6.07, 6.45) is 7.49. The molecule has 2 aromatic carbocycles. The maximum Gasteiger partial charge on any atom is 0.236 e. The highest BCUT2D eigenvalue weighted by Crippen LogP contribution is 2.57. The van der Waals surface area contributed by atoms with Crippen LogP contribution in [0.15, 0.2) is 60.8 Å². The fourth-order valence-electron chi connectivity index (χ4n) is 5.57. The van der Waals surface area contributed by atoms with E-state index >= 15 is 0 Å². The van der Waals surface area contributed by atoms with Gasteiger partial charge in [0, 0.05) is 30.2 Å². The second kappa shape index (κ2) is 9.58. The largest absolute Gasteiger partial charge is 0.399 e. The SMILES string of the molecule is C=C(C)N1CCC2(CC1)C(=O)N(c1ccc(N)cc1)C2c1ccc(F)cc1.CC1CCCC1. The fourth-order valence-corrected chi connectivity index (χ4v) is 5.57. The number of piperidine rings is 1. The number of carbonyl (C=O) groups excluding carboxylic acids is 1. The summed E-state index contributed by atoms with van der Waals surface area (Å²) in [5, 5.41) is 0. The van der Waals surface area contributed by atoms with Crippen LogP contribution < -0.4 is 10.6 Å². The molecular formula is C28H36FN3O. The second-order valence-corrected chi connectivity index (χ2v) is 9.99. The number of halogens is 1. The van der Waals surface area contributed by atoms with Crippen molar-refractivity contribution in [2.75, 3.05) is 23.7 Å². The van der Waals surface area contributed by atoms with Gasteiger partial charge in [0.05, 0.1) is 11.5 Å². The Labute approximate surface area is 197 Å². The summed E-state index contributed by atoms with van der Waals surface area (Å²) in [5.41, 5.74) is 8.86. The molecule has 0 bridgehead atoms. The van der Waals surface area contributed by atoms with E-state index in [1.807, 2.05) is 24.0 Å². The molecule has 3 fully saturated rings. The van der Waals surface area contributed by atoms with Crippen molar-refractivity contribution < 1.29 is 9.18 Å². The Hall–Kier alpha value is -2.82. The first kappa shape index (κ1) is 23.3. The molecular weight excluding hydrogens is 413 g/mol. The number of rotatable bonds is 3. The number of allylic oxidation sites excluding steroid dienone is 1. The molecule has 5 rings (SSSR count). The molecule has 1 amide bonds. The number of carbonyl (C=O) groups is 1. The van der Waals surface area contributed by atoms with Crippen LogP contribution in [0.4, 0.5) is 15.8 Å². The maximum atomic E-state index is 13.5. The Balaban J connectivity index is 0.000000376. The molecule has 33 heavy (non-hydrogen) atoms. The van der Waals surface area contributed by atoms with Crippen molar-refractivity contribution in [3.8, 4) is 0 Å². The Morgan fingerprint density at radius 3 is 2.09 bits per heavy atom. The molecule has 0 radical (unpaired) electrons. The van der Waals surface area contributed by atoms with E-state index in [4.69, 9.17) is 5.73 Å². The highest BCUT2D eigenvalue weighted by molar-refractivity contribution is 6.06. The molecule has 0 aromatic heterocycles. The minimum Gasteiger partial charge on any atom is -0.399 e. The van der Waals surface area contributed by atoms with E-state index in [1.54, 1.807) is 24.3 Å². The molecule has 1 spiro atoms. The van der Waals surface area contributed by atoms with Crippen molar-refractivity contribution in [2.24, 2.45) is 11.3 Å². The van der Waals surface area contributed by atoms with Crippen LogP contribution in [-0.2, 0) is 4.79 Å². The highest BCUT2D eigenvalue weighted by Gasteiger charge is 2.61. The molecule has 2 heterocycles. The van der Waals surface area contributed by atoms with Crippen LogP contribution in [0.2, 0.25) is 0 Å². The van der Waals surface area contributed by atoms with Crippen LogP contribution in [-0.4, -0.2) is 23.9 Å². The van der Waals surface area contributed by atoms with Gasteiger partial charge >= 0.3 is 0 Å². The van der Waals surface area contributed by atoms with Crippen LogP contribution in [0, 0.1) is 17.2 Å². The molecule has 1 saturated carbocycles. The molecule has 2 aliphatic heterocycles. The lowest BCUT2D eigenvalue weighted by molar-refractivity contribution is -0.144. The summed E-state index contributed by atoms with van der Waals surface area (Å²) < 4.78 is 13.5. The van der Waals surface area contributed by atoms with Gasteiger partial charge in [-0.15, -0.1) is 0 Å². The Kier molecular flexibility index (Phi) is 6.78. The smallest absolute Gasteiger partial charge is 0.236 e. The number of nitrogens with zero attached hydrogens (tertiary/aromatic N) is 2. The predicted octanol–water partition coefficient (Wildman–Crippen LogP) is 6.31. The molecule has 2 saturated heterocycles. The lowest BCUT2D eigenvalue weighted by Gasteiger charge is -2.59. The van der Waals surface area contributed by atoms with Crippen LogP contribution in [0.3, 0.4) is 0 Å². The van der Waals surface area contributed by atoms with Gasteiger partial charge in [0.25, 0.3) is 0 Å². The van der Waals surface area contributed by atoms with Gasteiger partial charge in [-0.1, -0.05) is 51.3 Å². The molecule has 2 N–H and O–H groups in total. The molecule has 1 unspecified atom stereocenters. The third-order valence-electron chi connectivity index (χ3n) is 7.62. The number of β-lactam (4-membered cyclic amide) rings is 1. The first-order valence-electron chi connectivity index (χ1n) is 12.2. The number of likely N-dealkylation sites (tertiary alicyclic amines) is 1. The minimum atomic E-state index is -0.439. The standard InChI is InChI=1S/C22H24FN3O.C6H12/c1-15(2)25-13-11-22(12-14-25)20(16-3-5-17(23)6-4-16)26(21(22)27)19-9-7-18(24)8-10-19;1-6-4-2-3-5-6/h3-10,20H,1,11-14,24H2,2H3;6H,2-5H2,1H3. The van der Waals surface area contributed by atoms with Crippen molar-refractivity contribution in [2.45, 2.75) is 58.4 Å². The lowest BCUT2D eigenvalue weighted by atomic mass is 9.62. The van der Waals surface area contributed by atoms with E-state index in [9.17, 15) is 9.18 Å². The minimum absolute atomic E-state index is 0.0958.